The van der Waals surface area contributed by atoms with Gasteiger partial charge in [0.25, 0.3) is 5.91 Å². The van der Waals surface area contributed by atoms with E-state index in [1.54, 1.807) is 0 Å². The highest BCUT2D eigenvalue weighted by molar-refractivity contribution is 5.97. The minimum atomic E-state index is -0.926. The number of methoxy groups -OCH3 is 1. The number of hydrogen-bond donors (Lipinski definition) is 1. The summed E-state index contributed by atoms with van der Waals surface area (Å²) < 4.78 is 11.7. The molecule has 2 heterocycles. The summed E-state index contributed by atoms with van der Waals surface area (Å²) in [6, 6.07) is 0. The Bertz CT molecular complexity index is 604. The van der Waals surface area contributed by atoms with E-state index >= 15 is 0 Å². The number of amides is 1. The van der Waals surface area contributed by atoms with E-state index in [-0.39, 0.29) is 29.8 Å². The third-order valence-corrected chi connectivity index (χ3v) is 3.50. The largest absolute Gasteiger partial charge is 0.495 e. The number of nitrogens with zero attached hydrogens (tertiary/aromatic N) is 3. The molecule has 2 N–H and O–H groups in total. The van der Waals surface area contributed by atoms with Crippen LogP contribution in [-0.4, -0.2) is 40.4 Å². The van der Waals surface area contributed by atoms with Crippen LogP contribution in [0.2, 0.25) is 0 Å². The molecule has 1 saturated heterocycles. The normalized spacial score (nSPS) is 18.0. The summed E-state index contributed by atoms with van der Waals surface area (Å²) in [5.74, 6) is -0.928. The standard InChI is InChI=1S/C13H18N4O5/c1-8(21-2)10-11(17(19)20)12(13(14)18)16(15-10)7-9-5-3-4-6-22-9/h9H,1,3-7H2,2H3,(H2,14,18). The lowest BCUT2D eigenvalue weighted by molar-refractivity contribution is -0.385. The molecule has 0 aliphatic carbocycles. The molecule has 1 atom stereocenters. The van der Waals surface area contributed by atoms with Crippen LogP contribution in [-0.2, 0) is 16.0 Å². The first-order valence-electron chi connectivity index (χ1n) is 6.85. The molecule has 1 aromatic heterocycles. The predicted octanol–water partition coefficient (Wildman–Crippen LogP) is 1.08. The maximum absolute atomic E-state index is 11.7. The molecule has 0 bridgehead atoms. The number of nitrogens with two attached hydrogens (primary N) is 1. The number of primary amides is 1. The van der Waals surface area contributed by atoms with Gasteiger partial charge in [-0.2, -0.15) is 5.10 Å². The van der Waals surface area contributed by atoms with Gasteiger partial charge in [0, 0.05) is 6.61 Å². The Kier molecular flexibility index (Phi) is 4.76. The van der Waals surface area contributed by atoms with E-state index in [9.17, 15) is 14.9 Å². The van der Waals surface area contributed by atoms with Gasteiger partial charge < -0.3 is 15.2 Å². The summed E-state index contributed by atoms with van der Waals surface area (Å²) in [6.45, 7) is 4.40. The van der Waals surface area contributed by atoms with E-state index < -0.39 is 16.5 Å². The molecule has 0 saturated carbocycles. The highest BCUT2D eigenvalue weighted by Crippen LogP contribution is 2.29. The average molecular weight is 310 g/mol. The molecule has 22 heavy (non-hydrogen) atoms. The first-order valence-corrected chi connectivity index (χ1v) is 6.85. The number of carbonyl (C=O) groups excluding carboxylic acids is 1. The lowest BCUT2D eigenvalue weighted by Crippen LogP contribution is -2.28. The fraction of sp³-hybridized carbons (Fsp3) is 0.538. The van der Waals surface area contributed by atoms with E-state index in [4.69, 9.17) is 15.2 Å². The van der Waals surface area contributed by atoms with E-state index in [1.165, 1.54) is 11.8 Å². The molecule has 1 aromatic rings. The van der Waals surface area contributed by atoms with Gasteiger partial charge in [0.05, 0.1) is 24.7 Å². The van der Waals surface area contributed by atoms with Crippen molar-refractivity contribution in [1.82, 2.24) is 9.78 Å². The van der Waals surface area contributed by atoms with Gasteiger partial charge in [0.1, 0.15) is 5.76 Å². The van der Waals surface area contributed by atoms with Crippen LogP contribution in [0.3, 0.4) is 0 Å². The molecule has 1 fully saturated rings. The molecule has 1 aliphatic rings. The molecule has 1 amide bonds. The van der Waals surface area contributed by atoms with Gasteiger partial charge in [-0.15, -0.1) is 0 Å². The zero-order valence-electron chi connectivity index (χ0n) is 12.3. The zero-order valence-corrected chi connectivity index (χ0v) is 12.3. The Morgan fingerprint density at radius 1 is 1.64 bits per heavy atom. The van der Waals surface area contributed by atoms with Gasteiger partial charge in [0.2, 0.25) is 11.4 Å². The number of carbonyl (C=O) groups is 1. The van der Waals surface area contributed by atoms with Crippen molar-refractivity contribution >= 4 is 17.4 Å². The molecular formula is C13H18N4O5. The van der Waals surface area contributed by atoms with Gasteiger partial charge in [-0.1, -0.05) is 6.58 Å². The lowest BCUT2D eigenvalue weighted by atomic mass is 10.1. The molecule has 9 heteroatoms. The molecular weight excluding hydrogens is 292 g/mol. The van der Waals surface area contributed by atoms with E-state index in [0.29, 0.717) is 6.61 Å². The van der Waals surface area contributed by atoms with Crippen molar-refractivity contribution in [2.24, 2.45) is 5.73 Å². The topological polar surface area (TPSA) is 123 Å². The van der Waals surface area contributed by atoms with Crippen LogP contribution in [0.25, 0.3) is 5.76 Å². The van der Waals surface area contributed by atoms with Crippen molar-refractivity contribution in [3.05, 3.63) is 28.1 Å². The second-order valence-electron chi connectivity index (χ2n) is 4.97. The molecule has 0 spiro atoms. The van der Waals surface area contributed by atoms with Crippen molar-refractivity contribution in [2.45, 2.75) is 31.9 Å². The second kappa shape index (κ2) is 6.56. The molecule has 0 aromatic carbocycles. The quantitative estimate of drug-likeness (QED) is 0.476. The third kappa shape index (κ3) is 3.08. The van der Waals surface area contributed by atoms with Crippen LogP contribution in [0, 0.1) is 10.1 Å². The average Bonchev–Trinajstić information content (AvgIpc) is 2.87. The van der Waals surface area contributed by atoms with Crippen molar-refractivity contribution in [1.29, 1.82) is 0 Å². The third-order valence-electron chi connectivity index (χ3n) is 3.50. The van der Waals surface area contributed by atoms with Crippen molar-refractivity contribution < 1.29 is 19.2 Å². The Labute approximate surface area is 126 Å². The van der Waals surface area contributed by atoms with Gasteiger partial charge in [-0.25, -0.2) is 0 Å². The van der Waals surface area contributed by atoms with Crippen LogP contribution in [0.4, 0.5) is 5.69 Å². The first-order chi connectivity index (χ1) is 10.5. The van der Waals surface area contributed by atoms with Crippen LogP contribution in [0.5, 0.6) is 0 Å². The van der Waals surface area contributed by atoms with Crippen molar-refractivity contribution in [3.63, 3.8) is 0 Å². The summed E-state index contributed by atoms with van der Waals surface area (Å²) >= 11 is 0. The Balaban J connectivity index is 2.45. The number of aromatic nitrogens is 2. The van der Waals surface area contributed by atoms with Crippen LogP contribution in [0.15, 0.2) is 6.58 Å². The number of ether oxygens (including phenoxy) is 2. The molecule has 1 unspecified atom stereocenters. The van der Waals surface area contributed by atoms with Crippen LogP contribution >= 0.6 is 0 Å². The highest BCUT2D eigenvalue weighted by Gasteiger charge is 2.34. The van der Waals surface area contributed by atoms with Gasteiger partial charge in [-0.05, 0) is 19.3 Å². The SMILES string of the molecule is C=C(OC)c1nn(CC2CCCCO2)c(C(N)=O)c1[N+](=O)[O-]. The van der Waals surface area contributed by atoms with Gasteiger partial charge >= 0.3 is 5.69 Å². The highest BCUT2D eigenvalue weighted by atomic mass is 16.6. The summed E-state index contributed by atoms with van der Waals surface area (Å²) in [5, 5.41) is 15.4. The monoisotopic (exact) mass is 310 g/mol. The van der Waals surface area contributed by atoms with Gasteiger partial charge in [0.15, 0.2) is 0 Å². The smallest absolute Gasteiger partial charge is 0.331 e. The van der Waals surface area contributed by atoms with Crippen molar-refractivity contribution in [2.75, 3.05) is 13.7 Å². The first kappa shape index (κ1) is 16.0. The summed E-state index contributed by atoms with van der Waals surface area (Å²) in [7, 11) is 1.32. The maximum atomic E-state index is 11.7. The van der Waals surface area contributed by atoms with E-state index in [0.717, 1.165) is 19.3 Å². The number of hydrogen-bond acceptors (Lipinski definition) is 6. The molecule has 0 radical (unpaired) electrons. The van der Waals surface area contributed by atoms with Crippen molar-refractivity contribution in [3.8, 4) is 0 Å². The zero-order chi connectivity index (χ0) is 16.3. The van der Waals surface area contributed by atoms with E-state index in [2.05, 4.69) is 11.7 Å². The molecule has 120 valence electrons. The fourth-order valence-corrected chi connectivity index (χ4v) is 2.43. The Morgan fingerprint density at radius 3 is 2.86 bits per heavy atom. The maximum Gasteiger partial charge on any atom is 0.331 e. The molecule has 9 nitrogen and oxygen atoms in total. The van der Waals surface area contributed by atoms with E-state index in [1.807, 2.05) is 0 Å². The molecule has 1 aliphatic heterocycles. The Hall–Kier alpha value is -2.42. The van der Waals surface area contributed by atoms with Gasteiger partial charge in [-0.3, -0.25) is 19.6 Å². The summed E-state index contributed by atoms with van der Waals surface area (Å²) in [4.78, 5) is 22.2. The van der Waals surface area contributed by atoms with Crippen LogP contribution < -0.4 is 5.73 Å². The number of rotatable bonds is 6. The lowest BCUT2D eigenvalue weighted by Gasteiger charge is -2.22. The predicted molar refractivity (Wildman–Crippen MR) is 77.0 cm³/mol. The number of nitro groups is 1. The minimum Gasteiger partial charge on any atom is -0.495 e. The second-order valence-corrected chi connectivity index (χ2v) is 4.97. The fourth-order valence-electron chi connectivity index (χ4n) is 2.43. The minimum absolute atomic E-state index is 0.00230. The summed E-state index contributed by atoms with van der Waals surface area (Å²) in [6.07, 6.45) is 2.61. The summed E-state index contributed by atoms with van der Waals surface area (Å²) in [5.41, 5.74) is 4.44. The molecule has 2 rings (SSSR count). The Morgan fingerprint density at radius 2 is 2.36 bits per heavy atom. The van der Waals surface area contributed by atoms with Crippen LogP contribution in [0.1, 0.15) is 35.4 Å².